The molecule has 1 heterocycles. The summed E-state index contributed by atoms with van der Waals surface area (Å²) in [6.45, 7) is 0. The van der Waals surface area contributed by atoms with Crippen LogP contribution in [0.2, 0.25) is 5.02 Å². The molecule has 0 radical (unpaired) electrons. The van der Waals surface area contributed by atoms with Crippen LogP contribution in [0.1, 0.15) is 11.1 Å². The van der Waals surface area contributed by atoms with Gasteiger partial charge in [-0.05, 0) is 40.6 Å². The minimum Gasteiger partial charge on any atom is -0.402 e. The molecule has 3 aromatic rings. The van der Waals surface area contributed by atoms with Crippen LogP contribution in [0.5, 0.6) is 0 Å². The van der Waals surface area contributed by atoms with Crippen LogP contribution in [0.25, 0.3) is 16.8 Å². The number of esters is 1. The van der Waals surface area contributed by atoms with E-state index in [-0.39, 0.29) is 22.3 Å². The summed E-state index contributed by atoms with van der Waals surface area (Å²) in [4.78, 5) is 26.8. The number of aliphatic imine (C=N–C) groups is 1. The van der Waals surface area contributed by atoms with Crippen LogP contribution in [0.4, 0.5) is 5.69 Å². The molecule has 3 aromatic carbocycles. The van der Waals surface area contributed by atoms with E-state index in [0.717, 1.165) is 16.3 Å². The van der Waals surface area contributed by atoms with Crippen LogP contribution in [-0.2, 0) is 9.53 Å². The largest absolute Gasteiger partial charge is 0.402 e. The Morgan fingerprint density at radius 1 is 1.04 bits per heavy atom. The molecule has 0 aliphatic carbocycles. The molecule has 1 aliphatic heterocycles. The highest BCUT2D eigenvalue weighted by atomic mass is 35.5. The maximum Gasteiger partial charge on any atom is 0.363 e. The first kappa shape index (κ1) is 16.9. The SMILES string of the molecule is O=C1OC(c2ccc(Cl)c([N+](=O)[O-])c2)=N/C1=C/c1ccc2ccccc2c1. The van der Waals surface area contributed by atoms with Crippen LogP contribution >= 0.6 is 11.6 Å². The van der Waals surface area contributed by atoms with Crippen molar-refractivity contribution in [2.45, 2.75) is 0 Å². The molecule has 132 valence electrons. The van der Waals surface area contributed by atoms with Crippen LogP contribution in [0, 0.1) is 10.1 Å². The molecular formula is C20H11ClN2O4. The zero-order chi connectivity index (χ0) is 19.0. The predicted molar refractivity (Wildman–Crippen MR) is 103 cm³/mol. The number of carbonyl (C=O) groups is 1. The number of hydrogen-bond acceptors (Lipinski definition) is 5. The van der Waals surface area contributed by atoms with Gasteiger partial charge in [-0.15, -0.1) is 0 Å². The lowest BCUT2D eigenvalue weighted by Crippen LogP contribution is -2.06. The van der Waals surface area contributed by atoms with E-state index in [1.54, 1.807) is 6.08 Å². The van der Waals surface area contributed by atoms with Gasteiger partial charge in [0.25, 0.3) is 5.69 Å². The Labute approximate surface area is 158 Å². The van der Waals surface area contributed by atoms with E-state index in [4.69, 9.17) is 16.3 Å². The molecule has 7 heteroatoms. The van der Waals surface area contributed by atoms with E-state index >= 15 is 0 Å². The van der Waals surface area contributed by atoms with Crippen molar-refractivity contribution in [1.29, 1.82) is 0 Å². The summed E-state index contributed by atoms with van der Waals surface area (Å²) in [5.74, 6) is -0.609. The topological polar surface area (TPSA) is 81.8 Å². The summed E-state index contributed by atoms with van der Waals surface area (Å²) in [7, 11) is 0. The van der Waals surface area contributed by atoms with Gasteiger partial charge >= 0.3 is 5.97 Å². The molecule has 0 saturated carbocycles. The Bertz CT molecular complexity index is 1170. The van der Waals surface area contributed by atoms with Crippen LogP contribution in [0.3, 0.4) is 0 Å². The Hall–Kier alpha value is -3.51. The summed E-state index contributed by atoms with van der Waals surface area (Å²) in [5.41, 5.74) is 0.951. The van der Waals surface area contributed by atoms with Crippen molar-refractivity contribution in [1.82, 2.24) is 0 Å². The summed E-state index contributed by atoms with van der Waals surface area (Å²) in [6, 6.07) is 17.8. The van der Waals surface area contributed by atoms with Crippen LogP contribution < -0.4 is 0 Å². The maximum absolute atomic E-state index is 12.1. The van der Waals surface area contributed by atoms with Crippen molar-refractivity contribution in [3.05, 3.63) is 92.6 Å². The average molecular weight is 379 g/mol. The van der Waals surface area contributed by atoms with Crippen molar-refractivity contribution < 1.29 is 14.5 Å². The lowest BCUT2D eigenvalue weighted by atomic mass is 10.1. The van der Waals surface area contributed by atoms with Gasteiger partial charge in [0.05, 0.1) is 4.92 Å². The summed E-state index contributed by atoms with van der Waals surface area (Å²) in [6.07, 6.45) is 1.62. The number of fused-ring (bicyclic) bond motifs is 1. The Morgan fingerprint density at radius 3 is 2.59 bits per heavy atom. The highest BCUT2D eigenvalue weighted by Gasteiger charge is 2.26. The van der Waals surface area contributed by atoms with E-state index in [9.17, 15) is 14.9 Å². The fourth-order valence-corrected chi connectivity index (χ4v) is 2.96. The monoisotopic (exact) mass is 378 g/mol. The molecule has 0 fully saturated rings. The number of cyclic esters (lactones) is 1. The van der Waals surface area contributed by atoms with Crippen LogP contribution in [-0.4, -0.2) is 16.8 Å². The van der Waals surface area contributed by atoms with E-state index in [2.05, 4.69) is 4.99 Å². The third-order valence-corrected chi connectivity index (χ3v) is 4.41. The van der Waals surface area contributed by atoms with Crippen molar-refractivity contribution in [3.63, 3.8) is 0 Å². The molecule has 1 aliphatic rings. The fraction of sp³-hybridized carbons (Fsp3) is 0. The highest BCUT2D eigenvalue weighted by molar-refractivity contribution is 6.32. The minimum atomic E-state index is -0.615. The molecule has 0 bridgehead atoms. The van der Waals surface area contributed by atoms with Crippen molar-refractivity contribution in [2.75, 3.05) is 0 Å². The molecule has 0 spiro atoms. The second kappa shape index (κ2) is 6.66. The molecular weight excluding hydrogens is 368 g/mol. The third-order valence-electron chi connectivity index (χ3n) is 4.09. The molecule has 6 nitrogen and oxygen atoms in total. The van der Waals surface area contributed by atoms with Crippen molar-refractivity contribution >= 4 is 46.0 Å². The number of nitro benzene ring substituents is 1. The Morgan fingerprint density at radius 2 is 1.81 bits per heavy atom. The Kier molecular flexibility index (Phi) is 4.18. The normalized spacial score (nSPS) is 15.1. The number of halogens is 1. The zero-order valence-electron chi connectivity index (χ0n) is 13.8. The number of benzene rings is 3. The van der Waals surface area contributed by atoms with Crippen molar-refractivity contribution in [2.24, 2.45) is 4.99 Å². The lowest BCUT2D eigenvalue weighted by Gasteiger charge is -2.00. The first-order valence-corrected chi connectivity index (χ1v) is 8.35. The second-order valence-corrected chi connectivity index (χ2v) is 6.27. The fourth-order valence-electron chi connectivity index (χ4n) is 2.77. The first-order valence-electron chi connectivity index (χ1n) is 7.97. The average Bonchev–Trinajstić information content (AvgIpc) is 3.02. The first-order chi connectivity index (χ1) is 13.0. The van der Waals surface area contributed by atoms with Gasteiger partial charge < -0.3 is 4.74 Å². The Balaban J connectivity index is 1.71. The van der Waals surface area contributed by atoms with Crippen molar-refractivity contribution in [3.8, 4) is 0 Å². The summed E-state index contributed by atoms with van der Waals surface area (Å²) in [5, 5.41) is 13.2. The second-order valence-electron chi connectivity index (χ2n) is 5.87. The van der Waals surface area contributed by atoms with Gasteiger partial charge in [-0.1, -0.05) is 48.0 Å². The number of rotatable bonds is 3. The van der Waals surface area contributed by atoms with E-state index in [0.29, 0.717) is 5.56 Å². The predicted octanol–water partition coefficient (Wildman–Crippen LogP) is 4.75. The quantitative estimate of drug-likeness (QED) is 0.285. The molecule has 0 saturated heterocycles. The molecule has 4 rings (SSSR count). The van der Waals surface area contributed by atoms with Gasteiger partial charge in [-0.2, -0.15) is 0 Å². The van der Waals surface area contributed by atoms with Gasteiger partial charge in [-0.25, -0.2) is 9.79 Å². The summed E-state index contributed by atoms with van der Waals surface area (Å²) < 4.78 is 5.17. The van der Waals surface area contributed by atoms with Crippen LogP contribution in [0.15, 0.2) is 71.4 Å². The molecule has 0 atom stereocenters. The molecule has 0 N–H and O–H groups in total. The molecule has 0 aromatic heterocycles. The minimum absolute atomic E-state index is 0.000558. The lowest BCUT2D eigenvalue weighted by molar-refractivity contribution is -0.384. The van der Waals surface area contributed by atoms with Gasteiger partial charge in [0.15, 0.2) is 5.70 Å². The smallest absolute Gasteiger partial charge is 0.363 e. The highest BCUT2D eigenvalue weighted by Crippen LogP contribution is 2.28. The van der Waals surface area contributed by atoms with E-state index in [1.807, 2.05) is 42.5 Å². The van der Waals surface area contributed by atoms with Gasteiger partial charge in [0, 0.05) is 11.6 Å². The number of nitrogens with zero attached hydrogens (tertiary/aromatic N) is 2. The number of carbonyl (C=O) groups excluding carboxylic acids is 1. The zero-order valence-corrected chi connectivity index (χ0v) is 14.5. The number of ether oxygens (including phenoxy) is 1. The molecule has 0 unspecified atom stereocenters. The van der Waals surface area contributed by atoms with Gasteiger partial charge in [0.1, 0.15) is 5.02 Å². The van der Waals surface area contributed by atoms with Gasteiger partial charge in [0.2, 0.25) is 5.90 Å². The van der Waals surface area contributed by atoms with Gasteiger partial charge in [-0.3, -0.25) is 10.1 Å². The number of hydrogen-bond donors (Lipinski definition) is 0. The number of nitro groups is 1. The maximum atomic E-state index is 12.1. The summed E-state index contributed by atoms with van der Waals surface area (Å²) >= 11 is 5.81. The third kappa shape index (κ3) is 3.30. The van der Waals surface area contributed by atoms with E-state index < -0.39 is 10.9 Å². The van der Waals surface area contributed by atoms with E-state index in [1.165, 1.54) is 18.2 Å². The standard InChI is InChI=1S/C20H11ClN2O4/c21-16-8-7-15(11-18(16)23(25)26)19-22-17(20(24)27-19)10-12-5-6-13-3-1-2-4-14(13)9-12/h1-11H/b17-10+. The molecule has 0 amide bonds. The molecule has 27 heavy (non-hydrogen) atoms.